The first-order valence-corrected chi connectivity index (χ1v) is 10.1. The number of benzene rings is 1. The van der Waals surface area contributed by atoms with E-state index in [2.05, 4.69) is 50.1 Å². The average Bonchev–Trinajstić information content (AvgIpc) is 2.64. The Morgan fingerprint density at radius 1 is 1.18 bits per heavy atom. The Hall–Kier alpha value is -2.12. The van der Waals surface area contributed by atoms with Crippen molar-refractivity contribution in [1.82, 2.24) is 20.9 Å². The van der Waals surface area contributed by atoms with Gasteiger partial charge in [0.15, 0.2) is 5.96 Å². The second kappa shape index (κ2) is 11.0. The van der Waals surface area contributed by atoms with E-state index in [4.69, 9.17) is 4.74 Å². The summed E-state index contributed by atoms with van der Waals surface area (Å²) in [6.45, 7) is 13.9. The zero-order valence-corrected chi connectivity index (χ0v) is 17.7. The van der Waals surface area contributed by atoms with E-state index in [0.29, 0.717) is 12.5 Å². The SMILES string of the molecule is CCNC(=NCc1cccc(CN2CCOCC2)c1)NCC(=O)NC(C)(C)C. The lowest BCUT2D eigenvalue weighted by atomic mass is 10.1. The number of ether oxygens (including phenoxy) is 1. The number of amides is 1. The lowest BCUT2D eigenvalue weighted by Crippen LogP contribution is -2.48. The molecule has 0 radical (unpaired) electrons. The summed E-state index contributed by atoms with van der Waals surface area (Å²) in [6, 6.07) is 8.53. The fourth-order valence-electron chi connectivity index (χ4n) is 2.98. The first-order chi connectivity index (χ1) is 13.4. The normalized spacial score (nSPS) is 15.9. The molecule has 1 aliphatic rings. The maximum absolute atomic E-state index is 12.0. The molecule has 3 N–H and O–H groups in total. The van der Waals surface area contributed by atoms with E-state index in [1.165, 1.54) is 5.56 Å². The highest BCUT2D eigenvalue weighted by Gasteiger charge is 2.14. The highest BCUT2D eigenvalue weighted by molar-refractivity contribution is 5.86. The first-order valence-electron chi connectivity index (χ1n) is 10.1. The van der Waals surface area contributed by atoms with E-state index >= 15 is 0 Å². The minimum atomic E-state index is -0.241. The number of rotatable bonds is 7. The number of hydrogen-bond donors (Lipinski definition) is 3. The molecule has 1 heterocycles. The van der Waals surface area contributed by atoms with Crippen molar-refractivity contribution in [2.24, 2.45) is 4.99 Å². The van der Waals surface area contributed by atoms with E-state index in [1.807, 2.05) is 27.7 Å². The Labute approximate surface area is 168 Å². The van der Waals surface area contributed by atoms with Gasteiger partial charge in [-0.25, -0.2) is 4.99 Å². The number of nitrogens with zero attached hydrogens (tertiary/aromatic N) is 2. The molecule has 0 saturated carbocycles. The third-order valence-corrected chi connectivity index (χ3v) is 4.20. The molecule has 1 aromatic carbocycles. The number of carbonyl (C=O) groups is 1. The van der Waals surface area contributed by atoms with Crippen LogP contribution in [0.2, 0.25) is 0 Å². The van der Waals surface area contributed by atoms with Gasteiger partial charge < -0.3 is 20.7 Å². The molecular weight excluding hydrogens is 354 g/mol. The number of hydrogen-bond acceptors (Lipinski definition) is 4. The van der Waals surface area contributed by atoms with E-state index in [1.54, 1.807) is 0 Å². The van der Waals surface area contributed by atoms with Gasteiger partial charge in [0.05, 0.1) is 26.3 Å². The standard InChI is InChI=1S/C21H35N5O2/c1-5-22-20(24-15-19(27)25-21(2,3)4)23-14-17-7-6-8-18(13-17)16-26-9-11-28-12-10-26/h6-8,13H,5,9-12,14-16H2,1-4H3,(H,25,27)(H2,22,23,24). The highest BCUT2D eigenvalue weighted by atomic mass is 16.5. The summed E-state index contributed by atoms with van der Waals surface area (Å²) in [4.78, 5) is 19.0. The monoisotopic (exact) mass is 389 g/mol. The molecule has 28 heavy (non-hydrogen) atoms. The van der Waals surface area contributed by atoms with E-state index in [-0.39, 0.29) is 18.0 Å². The third kappa shape index (κ3) is 8.71. The van der Waals surface area contributed by atoms with Gasteiger partial charge in [0.25, 0.3) is 0 Å². The lowest BCUT2D eigenvalue weighted by Gasteiger charge is -2.26. The number of guanidine groups is 1. The summed E-state index contributed by atoms with van der Waals surface area (Å²) >= 11 is 0. The lowest BCUT2D eigenvalue weighted by molar-refractivity contribution is -0.121. The summed E-state index contributed by atoms with van der Waals surface area (Å²) < 4.78 is 5.41. The van der Waals surface area contributed by atoms with Crippen LogP contribution in [0.15, 0.2) is 29.3 Å². The second-order valence-corrected chi connectivity index (χ2v) is 8.06. The van der Waals surface area contributed by atoms with Crippen LogP contribution in [-0.4, -0.2) is 61.7 Å². The van der Waals surface area contributed by atoms with Crippen LogP contribution in [-0.2, 0) is 22.6 Å². The van der Waals surface area contributed by atoms with Crippen LogP contribution < -0.4 is 16.0 Å². The van der Waals surface area contributed by atoms with Gasteiger partial charge in [0.1, 0.15) is 0 Å². The summed E-state index contributed by atoms with van der Waals surface area (Å²) in [6.07, 6.45) is 0. The molecule has 2 rings (SSSR count). The predicted molar refractivity (Wildman–Crippen MR) is 113 cm³/mol. The topological polar surface area (TPSA) is 78.0 Å². The van der Waals surface area contributed by atoms with Gasteiger partial charge in [-0.15, -0.1) is 0 Å². The number of aliphatic imine (C=N–C) groups is 1. The van der Waals surface area contributed by atoms with E-state index in [9.17, 15) is 4.79 Å². The third-order valence-electron chi connectivity index (χ3n) is 4.20. The molecule has 1 amide bonds. The Kier molecular flexibility index (Phi) is 8.73. The van der Waals surface area contributed by atoms with Gasteiger partial charge in [-0.2, -0.15) is 0 Å². The summed E-state index contributed by atoms with van der Waals surface area (Å²) in [7, 11) is 0. The maximum Gasteiger partial charge on any atom is 0.239 e. The Morgan fingerprint density at radius 3 is 2.57 bits per heavy atom. The molecular formula is C21H35N5O2. The van der Waals surface area contributed by atoms with Crippen LogP contribution in [0.5, 0.6) is 0 Å². The number of morpholine rings is 1. The molecule has 1 fully saturated rings. The van der Waals surface area contributed by atoms with Crippen LogP contribution in [0, 0.1) is 0 Å². The first kappa shape index (κ1) is 22.2. The Bertz CT molecular complexity index is 648. The van der Waals surface area contributed by atoms with Gasteiger partial charge >= 0.3 is 0 Å². The van der Waals surface area contributed by atoms with Crippen molar-refractivity contribution in [2.45, 2.75) is 46.3 Å². The molecule has 0 aromatic heterocycles. The van der Waals surface area contributed by atoms with E-state index in [0.717, 1.165) is 45.0 Å². The zero-order chi connectivity index (χ0) is 20.4. The van der Waals surface area contributed by atoms with Crippen molar-refractivity contribution in [1.29, 1.82) is 0 Å². The zero-order valence-electron chi connectivity index (χ0n) is 17.7. The van der Waals surface area contributed by atoms with Crippen LogP contribution in [0.1, 0.15) is 38.8 Å². The van der Waals surface area contributed by atoms with Crippen molar-refractivity contribution in [3.63, 3.8) is 0 Å². The van der Waals surface area contributed by atoms with E-state index < -0.39 is 0 Å². The minimum absolute atomic E-state index is 0.0504. The molecule has 1 aromatic rings. The summed E-state index contributed by atoms with van der Waals surface area (Å²) in [5, 5.41) is 9.23. The average molecular weight is 390 g/mol. The van der Waals surface area contributed by atoms with Crippen molar-refractivity contribution in [3.05, 3.63) is 35.4 Å². The molecule has 7 nitrogen and oxygen atoms in total. The van der Waals surface area contributed by atoms with Crippen molar-refractivity contribution in [2.75, 3.05) is 39.4 Å². The summed E-state index contributed by atoms with van der Waals surface area (Å²) in [5.41, 5.74) is 2.20. The van der Waals surface area contributed by atoms with Crippen LogP contribution in [0.3, 0.4) is 0 Å². The molecule has 156 valence electrons. The molecule has 0 spiro atoms. The molecule has 0 unspecified atom stereocenters. The van der Waals surface area contributed by atoms with Crippen molar-refractivity contribution < 1.29 is 9.53 Å². The van der Waals surface area contributed by atoms with Crippen LogP contribution in [0.4, 0.5) is 0 Å². The highest BCUT2D eigenvalue weighted by Crippen LogP contribution is 2.11. The van der Waals surface area contributed by atoms with Gasteiger partial charge in [-0.05, 0) is 38.8 Å². The Morgan fingerprint density at radius 2 is 1.89 bits per heavy atom. The molecule has 7 heteroatoms. The molecule has 0 bridgehead atoms. The van der Waals surface area contributed by atoms with Crippen LogP contribution in [0.25, 0.3) is 0 Å². The smallest absolute Gasteiger partial charge is 0.239 e. The molecule has 1 saturated heterocycles. The maximum atomic E-state index is 12.0. The fraction of sp³-hybridized carbons (Fsp3) is 0.619. The fourth-order valence-corrected chi connectivity index (χ4v) is 2.98. The van der Waals surface area contributed by atoms with Gasteiger partial charge in [0.2, 0.25) is 5.91 Å². The number of nitrogens with one attached hydrogen (secondary N) is 3. The molecule has 0 atom stereocenters. The quantitative estimate of drug-likeness (QED) is 0.486. The summed E-state index contributed by atoms with van der Waals surface area (Å²) in [5.74, 6) is 0.593. The number of carbonyl (C=O) groups excluding carboxylic acids is 1. The van der Waals surface area contributed by atoms with Gasteiger partial charge in [-0.1, -0.05) is 24.3 Å². The second-order valence-electron chi connectivity index (χ2n) is 8.06. The van der Waals surface area contributed by atoms with Crippen molar-refractivity contribution >= 4 is 11.9 Å². The largest absolute Gasteiger partial charge is 0.379 e. The van der Waals surface area contributed by atoms with Crippen LogP contribution >= 0.6 is 0 Å². The molecule has 1 aliphatic heterocycles. The minimum Gasteiger partial charge on any atom is -0.379 e. The molecule has 0 aliphatic carbocycles. The van der Waals surface area contributed by atoms with Gasteiger partial charge in [-0.3, -0.25) is 9.69 Å². The van der Waals surface area contributed by atoms with Gasteiger partial charge in [0, 0.05) is 31.7 Å². The van der Waals surface area contributed by atoms with Crippen molar-refractivity contribution in [3.8, 4) is 0 Å². The Balaban J connectivity index is 1.90. The predicted octanol–water partition coefficient (Wildman–Crippen LogP) is 1.49.